The van der Waals surface area contributed by atoms with Crippen LogP contribution in [0.4, 0.5) is 13.2 Å². The van der Waals surface area contributed by atoms with E-state index in [2.05, 4.69) is 0 Å². The van der Waals surface area contributed by atoms with Crippen molar-refractivity contribution in [3.63, 3.8) is 0 Å². The molecule has 0 aliphatic carbocycles. The molecule has 1 atom stereocenters. The maximum atomic E-state index is 11.9. The zero-order chi connectivity index (χ0) is 9.61. The summed E-state index contributed by atoms with van der Waals surface area (Å²) in [7, 11) is 0. The van der Waals surface area contributed by atoms with Gasteiger partial charge < -0.3 is 0 Å². The third kappa shape index (κ3) is 4.99. The zero-order valence-electron chi connectivity index (χ0n) is 7.23. The van der Waals surface area contributed by atoms with Gasteiger partial charge in [-0.3, -0.25) is 0 Å². The van der Waals surface area contributed by atoms with E-state index < -0.39 is 12.1 Å². The number of halogens is 3. The van der Waals surface area contributed by atoms with Crippen LogP contribution in [0, 0.1) is 5.92 Å². The van der Waals surface area contributed by atoms with E-state index in [1.54, 1.807) is 12.2 Å². The molecule has 0 radical (unpaired) electrons. The highest BCUT2D eigenvalue weighted by molar-refractivity contribution is 5.04. The number of hydrogen-bond acceptors (Lipinski definition) is 0. The van der Waals surface area contributed by atoms with Crippen molar-refractivity contribution in [3.05, 3.63) is 24.3 Å². The van der Waals surface area contributed by atoms with Crippen molar-refractivity contribution in [3.8, 4) is 0 Å². The molecule has 12 heavy (non-hydrogen) atoms. The topological polar surface area (TPSA) is 0 Å². The molecule has 0 rings (SSSR count). The molecule has 70 valence electrons. The van der Waals surface area contributed by atoms with Gasteiger partial charge >= 0.3 is 6.18 Å². The van der Waals surface area contributed by atoms with Crippen LogP contribution < -0.4 is 0 Å². The van der Waals surface area contributed by atoms with Crippen LogP contribution in [-0.4, -0.2) is 6.18 Å². The Balaban J connectivity index is 3.92. The highest BCUT2D eigenvalue weighted by Gasteiger charge is 2.33. The van der Waals surface area contributed by atoms with Crippen LogP contribution in [0.3, 0.4) is 0 Å². The summed E-state index contributed by atoms with van der Waals surface area (Å²) in [5.41, 5.74) is 0. The fourth-order valence-corrected chi connectivity index (χ4v) is 0.555. The van der Waals surface area contributed by atoms with Crippen molar-refractivity contribution in [2.45, 2.75) is 26.4 Å². The number of alkyl halides is 3. The molecule has 0 spiro atoms. The van der Waals surface area contributed by atoms with Gasteiger partial charge in [-0.2, -0.15) is 13.2 Å². The molecule has 0 N–H and O–H groups in total. The molecule has 1 unspecified atom stereocenters. The maximum Gasteiger partial charge on any atom is 0.394 e. The maximum absolute atomic E-state index is 11.9. The van der Waals surface area contributed by atoms with Crippen molar-refractivity contribution in [1.29, 1.82) is 0 Å². The van der Waals surface area contributed by atoms with Gasteiger partial charge in [0.05, 0.1) is 5.92 Å². The van der Waals surface area contributed by atoms with Gasteiger partial charge in [0.25, 0.3) is 0 Å². The molecule has 0 bridgehead atoms. The number of rotatable bonds is 3. The molecule has 0 amide bonds. The summed E-state index contributed by atoms with van der Waals surface area (Å²) in [5, 5.41) is 0. The van der Waals surface area contributed by atoms with Crippen LogP contribution >= 0.6 is 0 Å². The smallest absolute Gasteiger partial charge is 0.170 e. The Morgan fingerprint density at radius 1 is 1.25 bits per heavy atom. The first-order chi connectivity index (χ1) is 5.48. The Morgan fingerprint density at radius 3 is 2.25 bits per heavy atom. The molecule has 0 aromatic heterocycles. The second-order valence-electron chi connectivity index (χ2n) is 2.55. The van der Waals surface area contributed by atoms with E-state index in [9.17, 15) is 13.2 Å². The Morgan fingerprint density at radius 2 is 1.83 bits per heavy atom. The third-order valence-electron chi connectivity index (χ3n) is 1.40. The lowest BCUT2D eigenvalue weighted by Gasteiger charge is -2.09. The van der Waals surface area contributed by atoms with E-state index in [1.807, 2.05) is 6.92 Å². The van der Waals surface area contributed by atoms with Crippen LogP contribution in [-0.2, 0) is 0 Å². The average molecular weight is 178 g/mol. The normalized spacial score (nSPS) is 16.1. The van der Waals surface area contributed by atoms with Gasteiger partial charge in [0.1, 0.15) is 0 Å². The summed E-state index contributed by atoms with van der Waals surface area (Å²) in [6.45, 7) is 3.06. The van der Waals surface area contributed by atoms with Gasteiger partial charge in [-0.15, -0.1) is 0 Å². The average Bonchev–Trinajstić information content (AvgIpc) is 1.96. The molecule has 0 fully saturated rings. The molecule has 0 aromatic carbocycles. The summed E-state index contributed by atoms with van der Waals surface area (Å²) in [4.78, 5) is 0. The summed E-state index contributed by atoms with van der Waals surface area (Å²) in [5.74, 6) is -1.36. The Bertz CT molecular complexity index is 165. The zero-order valence-corrected chi connectivity index (χ0v) is 7.23. The summed E-state index contributed by atoms with van der Waals surface area (Å²) >= 11 is 0. The molecule has 0 aliphatic heterocycles. The van der Waals surface area contributed by atoms with E-state index in [-0.39, 0.29) is 0 Å². The lowest BCUT2D eigenvalue weighted by atomic mass is 10.1. The third-order valence-corrected chi connectivity index (χ3v) is 1.40. The minimum atomic E-state index is -4.11. The lowest BCUT2D eigenvalue weighted by Crippen LogP contribution is -2.17. The predicted octanol–water partition coefficient (Wildman–Crippen LogP) is 3.71. The predicted molar refractivity (Wildman–Crippen MR) is 43.8 cm³/mol. The molecule has 0 aromatic rings. The van der Waals surface area contributed by atoms with E-state index in [0.29, 0.717) is 0 Å². The molecular formula is C9H13F3. The number of hydrogen-bond donors (Lipinski definition) is 0. The van der Waals surface area contributed by atoms with Crippen molar-refractivity contribution in [2.24, 2.45) is 5.92 Å². The molecule has 0 saturated carbocycles. The molecule has 3 heteroatoms. The van der Waals surface area contributed by atoms with E-state index >= 15 is 0 Å². The van der Waals surface area contributed by atoms with E-state index in [1.165, 1.54) is 6.08 Å². The fraction of sp³-hybridized carbons (Fsp3) is 0.556. The van der Waals surface area contributed by atoms with Crippen molar-refractivity contribution < 1.29 is 13.2 Å². The van der Waals surface area contributed by atoms with Crippen molar-refractivity contribution in [1.82, 2.24) is 0 Å². The van der Waals surface area contributed by atoms with Gasteiger partial charge in [-0.05, 0) is 6.42 Å². The Hall–Kier alpha value is -0.730. The van der Waals surface area contributed by atoms with Gasteiger partial charge in [0, 0.05) is 0 Å². The monoisotopic (exact) mass is 178 g/mol. The minimum Gasteiger partial charge on any atom is -0.170 e. The Kier molecular flexibility index (Phi) is 4.71. The minimum absolute atomic E-state index is 0.838. The van der Waals surface area contributed by atoms with Crippen LogP contribution in [0.15, 0.2) is 24.3 Å². The van der Waals surface area contributed by atoms with Gasteiger partial charge in [-0.25, -0.2) is 0 Å². The van der Waals surface area contributed by atoms with E-state index in [0.717, 1.165) is 19.4 Å². The van der Waals surface area contributed by atoms with Gasteiger partial charge in [-0.1, -0.05) is 38.2 Å². The standard InChI is InChI=1S/C9H13F3/c1-3-4-5-6-7-8(2)9(10,11)12/h4-8H,3H2,1-2H3/b5-4-,7-6-. The van der Waals surface area contributed by atoms with E-state index in [4.69, 9.17) is 0 Å². The molecular weight excluding hydrogens is 165 g/mol. The molecule has 0 heterocycles. The van der Waals surface area contributed by atoms with Crippen LogP contribution in [0.25, 0.3) is 0 Å². The van der Waals surface area contributed by atoms with Crippen LogP contribution in [0.2, 0.25) is 0 Å². The van der Waals surface area contributed by atoms with Crippen molar-refractivity contribution >= 4 is 0 Å². The molecule has 0 aliphatic rings. The molecule has 0 nitrogen and oxygen atoms in total. The largest absolute Gasteiger partial charge is 0.394 e. The quantitative estimate of drug-likeness (QED) is 0.578. The van der Waals surface area contributed by atoms with Crippen LogP contribution in [0.5, 0.6) is 0 Å². The lowest BCUT2D eigenvalue weighted by molar-refractivity contribution is -0.156. The highest BCUT2D eigenvalue weighted by atomic mass is 19.4. The first kappa shape index (κ1) is 11.3. The summed E-state index contributed by atoms with van der Waals surface area (Å²) in [6.07, 6.45) is 2.73. The second-order valence-corrected chi connectivity index (χ2v) is 2.55. The first-order valence-corrected chi connectivity index (χ1v) is 3.88. The fourth-order valence-electron chi connectivity index (χ4n) is 0.555. The summed E-state index contributed by atoms with van der Waals surface area (Å²) < 4.78 is 35.6. The summed E-state index contributed by atoms with van der Waals surface area (Å²) in [6, 6.07) is 0. The number of allylic oxidation sites excluding steroid dienone is 4. The highest BCUT2D eigenvalue weighted by Crippen LogP contribution is 2.26. The van der Waals surface area contributed by atoms with Gasteiger partial charge in [0.2, 0.25) is 0 Å². The SMILES string of the molecule is CC/C=C\C=C/C(C)C(F)(F)F. The first-order valence-electron chi connectivity index (χ1n) is 3.88. The van der Waals surface area contributed by atoms with Gasteiger partial charge in [0.15, 0.2) is 0 Å². The second kappa shape index (κ2) is 5.01. The van der Waals surface area contributed by atoms with Crippen LogP contribution in [0.1, 0.15) is 20.3 Å². The van der Waals surface area contributed by atoms with Crippen molar-refractivity contribution in [2.75, 3.05) is 0 Å². The Labute approximate surface area is 70.8 Å². The molecule has 0 saturated heterocycles.